The van der Waals surface area contributed by atoms with Gasteiger partial charge >= 0.3 is 6.09 Å². The summed E-state index contributed by atoms with van der Waals surface area (Å²) in [5.41, 5.74) is 0. The van der Waals surface area contributed by atoms with E-state index in [9.17, 15) is 17.6 Å². The second-order valence-corrected chi connectivity index (χ2v) is 3.92. The Hall–Kier alpha value is -0.890. The van der Waals surface area contributed by atoms with Crippen molar-refractivity contribution in [2.45, 2.75) is 6.17 Å². The van der Waals surface area contributed by atoms with Crippen LogP contribution < -0.4 is 5.32 Å². The van der Waals surface area contributed by atoms with Crippen LogP contribution in [0.2, 0.25) is 0 Å². The fraction of sp³-hybridized carbons (Fsp3) is 0.800. The molecule has 0 aromatic heterocycles. The lowest BCUT2D eigenvalue weighted by molar-refractivity contribution is 0.175. The number of nitrogens with one attached hydrogen (secondary N) is 1. The third-order valence-corrected chi connectivity index (χ3v) is 1.50. The fourth-order valence-corrected chi connectivity index (χ4v) is 0.849. The lowest BCUT2D eigenvalue weighted by Gasteiger charge is -2.06. The topological polar surface area (TPSA) is 92.7 Å². The molecule has 0 bridgehead atoms. The summed E-state index contributed by atoms with van der Waals surface area (Å²) in [5.74, 6) is 0. The molecule has 1 amide bonds. The van der Waals surface area contributed by atoms with Gasteiger partial charge in [0.15, 0.2) is 0 Å². The third-order valence-electron chi connectivity index (χ3n) is 0.938. The highest BCUT2D eigenvalue weighted by Gasteiger charge is 2.11. The monoisotopic (exact) mass is 215 g/mol. The number of alkyl halides is 1. The van der Waals surface area contributed by atoms with Gasteiger partial charge in [-0.25, -0.2) is 9.18 Å². The SMILES string of the molecule is CS(=O)(=O)OC[C@H](F)CNC(=O)O. The van der Waals surface area contributed by atoms with Crippen LogP contribution in [0.3, 0.4) is 0 Å². The lowest BCUT2D eigenvalue weighted by atomic mass is 10.4. The zero-order valence-electron chi connectivity index (χ0n) is 6.86. The van der Waals surface area contributed by atoms with E-state index in [1.807, 2.05) is 0 Å². The molecule has 8 heteroatoms. The van der Waals surface area contributed by atoms with Crippen molar-refractivity contribution in [3.63, 3.8) is 0 Å². The van der Waals surface area contributed by atoms with Gasteiger partial charge in [0.2, 0.25) is 0 Å². The van der Waals surface area contributed by atoms with E-state index in [1.54, 1.807) is 5.32 Å². The van der Waals surface area contributed by atoms with Gasteiger partial charge in [-0.3, -0.25) is 4.18 Å². The summed E-state index contributed by atoms with van der Waals surface area (Å²) >= 11 is 0. The van der Waals surface area contributed by atoms with E-state index in [0.717, 1.165) is 6.26 Å². The molecule has 6 nitrogen and oxygen atoms in total. The molecule has 0 radical (unpaired) electrons. The number of rotatable bonds is 5. The van der Waals surface area contributed by atoms with Crippen LogP contribution >= 0.6 is 0 Å². The minimum Gasteiger partial charge on any atom is -0.465 e. The molecule has 0 aromatic carbocycles. The molecule has 0 aliphatic carbocycles. The molecule has 78 valence electrons. The van der Waals surface area contributed by atoms with Crippen molar-refractivity contribution in [1.29, 1.82) is 0 Å². The third kappa shape index (κ3) is 9.02. The van der Waals surface area contributed by atoms with E-state index in [4.69, 9.17) is 5.11 Å². The van der Waals surface area contributed by atoms with Crippen LogP contribution in [0.1, 0.15) is 0 Å². The Kier molecular flexibility index (Phi) is 4.63. The second kappa shape index (κ2) is 4.97. The molecule has 0 heterocycles. The molecule has 13 heavy (non-hydrogen) atoms. The van der Waals surface area contributed by atoms with E-state index >= 15 is 0 Å². The largest absolute Gasteiger partial charge is 0.465 e. The van der Waals surface area contributed by atoms with Crippen molar-refractivity contribution >= 4 is 16.2 Å². The maximum absolute atomic E-state index is 12.6. The van der Waals surface area contributed by atoms with Gasteiger partial charge < -0.3 is 10.4 Å². The lowest BCUT2D eigenvalue weighted by Crippen LogP contribution is -2.31. The molecular weight excluding hydrogens is 205 g/mol. The van der Waals surface area contributed by atoms with Crippen LogP contribution in [0.5, 0.6) is 0 Å². The van der Waals surface area contributed by atoms with Crippen molar-refractivity contribution in [1.82, 2.24) is 5.32 Å². The van der Waals surface area contributed by atoms with E-state index in [2.05, 4.69) is 4.18 Å². The van der Waals surface area contributed by atoms with E-state index < -0.39 is 35.5 Å². The molecule has 2 N–H and O–H groups in total. The summed E-state index contributed by atoms with van der Waals surface area (Å²) in [7, 11) is -3.67. The zero-order chi connectivity index (χ0) is 10.5. The molecule has 0 aliphatic rings. The van der Waals surface area contributed by atoms with Crippen LogP contribution in [0, 0.1) is 0 Å². The summed E-state index contributed by atoms with van der Waals surface area (Å²) in [6.07, 6.45) is -2.27. The summed E-state index contributed by atoms with van der Waals surface area (Å²) in [4.78, 5) is 9.87. The number of hydrogen-bond acceptors (Lipinski definition) is 4. The van der Waals surface area contributed by atoms with Gasteiger partial charge in [0.1, 0.15) is 6.17 Å². The highest BCUT2D eigenvalue weighted by Crippen LogP contribution is 1.94. The molecule has 0 aliphatic heterocycles. The molecule has 0 aromatic rings. The Morgan fingerprint density at radius 3 is 2.62 bits per heavy atom. The fourth-order valence-electron chi connectivity index (χ4n) is 0.454. The Morgan fingerprint density at radius 2 is 2.23 bits per heavy atom. The van der Waals surface area contributed by atoms with Gasteiger partial charge in [0, 0.05) is 0 Å². The van der Waals surface area contributed by atoms with Crippen LogP contribution in [-0.2, 0) is 14.3 Å². The second-order valence-electron chi connectivity index (χ2n) is 2.27. The number of carbonyl (C=O) groups is 1. The smallest absolute Gasteiger partial charge is 0.404 e. The summed E-state index contributed by atoms with van der Waals surface area (Å²) < 4.78 is 37.4. The molecular formula is C5H10FNO5S. The van der Waals surface area contributed by atoms with Crippen molar-refractivity contribution in [2.24, 2.45) is 0 Å². The van der Waals surface area contributed by atoms with Crippen LogP contribution in [0.15, 0.2) is 0 Å². The van der Waals surface area contributed by atoms with Gasteiger partial charge in [-0.2, -0.15) is 8.42 Å². The standard InChI is InChI=1S/C5H10FNO5S/c1-13(10,11)12-3-4(6)2-7-5(8)9/h4,7H,2-3H2,1H3,(H,8,9)/t4-/m1/s1. The zero-order valence-corrected chi connectivity index (χ0v) is 7.67. The molecule has 0 saturated heterocycles. The van der Waals surface area contributed by atoms with Gasteiger partial charge in [-0.1, -0.05) is 0 Å². The molecule has 0 spiro atoms. The average molecular weight is 215 g/mol. The van der Waals surface area contributed by atoms with E-state index in [1.165, 1.54) is 0 Å². The van der Waals surface area contributed by atoms with E-state index in [0.29, 0.717) is 0 Å². The Bertz CT molecular complexity index is 264. The molecule has 0 rings (SSSR count). The Balaban J connectivity index is 3.64. The number of hydrogen-bond donors (Lipinski definition) is 2. The van der Waals surface area contributed by atoms with Crippen LogP contribution in [-0.4, -0.2) is 45.2 Å². The molecule has 1 atom stereocenters. The van der Waals surface area contributed by atoms with Gasteiger partial charge in [0.25, 0.3) is 10.1 Å². The van der Waals surface area contributed by atoms with Gasteiger partial charge in [-0.05, 0) is 0 Å². The predicted octanol–water partition coefficient (Wildman–Crippen LogP) is -0.432. The number of amides is 1. The molecule has 0 saturated carbocycles. The van der Waals surface area contributed by atoms with Crippen molar-refractivity contribution in [3.05, 3.63) is 0 Å². The Morgan fingerprint density at radius 1 is 1.69 bits per heavy atom. The van der Waals surface area contributed by atoms with E-state index in [-0.39, 0.29) is 0 Å². The highest BCUT2D eigenvalue weighted by molar-refractivity contribution is 7.85. The first-order valence-corrected chi connectivity index (χ1v) is 5.08. The normalized spacial score (nSPS) is 13.7. The molecule has 0 unspecified atom stereocenters. The minimum atomic E-state index is -3.67. The highest BCUT2D eigenvalue weighted by atomic mass is 32.2. The van der Waals surface area contributed by atoms with Crippen molar-refractivity contribution in [2.75, 3.05) is 19.4 Å². The van der Waals surface area contributed by atoms with Gasteiger partial charge in [0.05, 0.1) is 19.4 Å². The van der Waals surface area contributed by atoms with Gasteiger partial charge in [-0.15, -0.1) is 0 Å². The summed E-state index contributed by atoms with van der Waals surface area (Å²) in [6, 6.07) is 0. The van der Waals surface area contributed by atoms with Crippen molar-refractivity contribution < 1.29 is 26.9 Å². The maximum atomic E-state index is 12.6. The first kappa shape index (κ1) is 12.1. The van der Waals surface area contributed by atoms with Crippen LogP contribution in [0.25, 0.3) is 0 Å². The first-order chi connectivity index (χ1) is 5.81. The predicted molar refractivity (Wildman–Crippen MR) is 41.7 cm³/mol. The number of carboxylic acid groups (broad SMARTS) is 1. The first-order valence-electron chi connectivity index (χ1n) is 3.26. The summed E-state index contributed by atoms with van der Waals surface area (Å²) in [6.45, 7) is -1.18. The van der Waals surface area contributed by atoms with Crippen molar-refractivity contribution in [3.8, 4) is 0 Å². The number of halogens is 1. The average Bonchev–Trinajstić information content (AvgIpc) is 1.95. The Labute approximate surface area is 74.8 Å². The molecule has 0 fully saturated rings. The quantitative estimate of drug-likeness (QED) is 0.607. The maximum Gasteiger partial charge on any atom is 0.404 e. The van der Waals surface area contributed by atoms with Crippen LogP contribution in [0.4, 0.5) is 9.18 Å². The minimum absolute atomic E-state index is 0.495. The summed E-state index contributed by atoms with van der Waals surface area (Å²) in [5, 5.41) is 9.80.